The Morgan fingerprint density at radius 3 is 2.29 bits per heavy atom. The highest BCUT2D eigenvalue weighted by Crippen LogP contribution is 2.37. The van der Waals surface area contributed by atoms with Crippen LogP contribution in [-0.4, -0.2) is 21.4 Å². The number of rotatable bonds is 5. The smallest absolute Gasteiger partial charge is 0.0794 e. The van der Waals surface area contributed by atoms with Crippen molar-refractivity contribution in [1.29, 1.82) is 0 Å². The molecule has 0 saturated carbocycles. The molecule has 0 aliphatic carbocycles. The summed E-state index contributed by atoms with van der Waals surface area (Å²) in [4.78, 5) is 2.51. The maximum absolute atomic E-state index is 9.56. The van der Waals surface area contributed by atoms with E-state index in [4.69, 9.17) is 5.10 Å². The Hall–Kier alpha value is -3.37. The summed E-state index contributed by atoms with van der Waals surface area (Å²) in [6.45, 7) is 10.7. The van der Waals surface area contributed by atoms with Crippen LogP contribution in [0.4, 0.5) is 5.69 Å². The summed E-state index contributed by atoms with van der Waals surface area (Å²) in [7, 11) is 0. The van der Waals surface area contributed by atoms with Crippen molar-refractivity contribution in [2.24, 2.45) is 0 Å². The Bertz CT molecular complexity index is 1300. The van der Waals surface area contributed by atoms with Crippen molar-refractivity contribution in [3.63, 3.8) is 0 Å². The zero-order valence-corrected chi connectivity index (χ0v) is 20.5. The summed E-state index contributed by atoms with van der Waals surface area (Å²) < 4.78 is 2.17. The van der Waals surface area contributed by atoms with E-state index >= 15 is 0 Å². The van der Waals surface area contributed by atoms with Gasteiger partial charge >= 0.3 is 0 Å². The molecule has 5 rings (SSSR count). The average Bonchev–Trinajstić information content (AvgIpc) is 3.22. The van der Waals surface area contributed by atoms with Gasteiger partial charge in [0.15, 0.2) is 0 Å². The number of aliphatic hydroxyl groups excluding tert-OH is 1. The fraction of sp³-hybridized carbons (Fsp3) is 0.300. The summed E-state index contributed by atoms with van der Waals surface area (Å²) in [6.07, 6.45) is 0.918. The number of benzene rings is 3. The number of nitrogens with zero attached hydrogens (tertiary/aromatic N) is 3. The van der Waals surface area contributed by atoms with Gasteiger partial charge in [0, 0.05) is 36.3 Å². The summed E-state index contributed by atoms with van der Waals surface area (Å²) >= 11 is 0. The molecule has 1 aliphatic heterocycles. The highest BCUT2D eigenvalue weighted by molar-refractivity contribution is 5.70. The monoisotopic (exact) mass is 451 g/mol. The van der Waals surface area contributed by atoms with Gasteiger partial charge in [0.05, 0.1) is 23.7 Å². The van der Waals surface area contributed by atoms with Crippen molar-refractivity contribution in [3.05, 3.63) is 100 Å². The number of para-hydroxylation sites is 2. The van der Waals surface area contributed by atoms with Crippen molar-refractivity contribution in [2.75, 3.05) is 11.4 Å². The van der Waals surface area contributed by atoms with E-state index in [0.717, 1.165) is 42.0 Å². The largest absolute Gasteiger partial charge is 0.392 e. The van der Waals surface area contributed by atoms with Gasteiger partial charge in [0.25, 0.3) is 0 Å². The van der Waals surface area contributed by atoms with Gasteiger partial charge in [0.1, 0.15) is 0 Å². The maximum Gasteiger partial charge on any atom is 0.0794 e. The molecule has 0 fully saturated rings. The minimum absolute atomic E-state index is 0.0499. The molecule has 0 amide bonds. The molecule has 174 valence electrons. The molecule has 4 heteroatoms. The molecule has 1 aliphatic rings. The molecule has 0 atom stereocenters. The van der Waals surface area contributed by atoms with Crippen LogP contribution in [0.3, 0.4) is 0 Å². The number of hydrogen-bond donors (Lipinski definition) is 1. The first-order chi connectivity index (χ1) is 16.5. The van der Waals surface area contributed by atoms with Gasteiger partial charge in [-0.15, -0.1) is 0 Å². The summed E-state index contributed by atoms with van der Waals surface area (Å²) in [5, 5.41) is 14.8. The number of aryl methyl sites for hydroxylation is 2. The van der Waals surface area contributed by atoms with E-state index in [9.17, 15) is 5.11 Å². The fourth-order valence-corrected chi connectivity index (χ4v) is 5.21. The van der Waals surface area contributed by atoms with E-state index in [2.05, 4.69) is 91.9 Å². The third-order valence-corrected chi connectivity index (χ3v) is 6.99. The zero-order chi connectivity index (χ0) is 23.8. The molecular weight excluding hydrogens is 418 g/mol. The van der Waals surface area contributed by atoms with Gasteiger partial charge in [-0.1, -0.05) is 74.5 Å². The highest BCUT2D eigenvalue weighted by Gasteiger charge is 2.28. The summed E-state index contributed by atoms with van der Waals surface area (Å²) in [5.41, 5.74) is 12.0. The average molecular weight is 452 g/mol. The van der Waals surface area contributed by atoms with Crippen LogP contribution in [0.5, 0.6) is 0 Å². The highest BCUT2D eigenvalue weighted by atomic mass is 16.3. The van der Waals surface area contributed by atoms with Crippen LogP contribution < -0.4 is 4.90 Å². The minimum Gasteiger partial charge on any atom is -0.392 e. The first-order valence-corrected chi connectivity index (χ1v) is 12.2. The second-order valence-corrected chi connectivity index (χ2v) is 9.67. The number of aliphatic hydroxyl groups is 1. The number of hydrogen-bond acceptors (Lipinski definition) is 3. The normalized spacial score (nSPS) is 13.4. The van der Waals surface area contributed by atoms with Crippen LogP contribution in [0.2, 0.25) is 0 Å². The molecule has 1 aromatic heterocycles. The lowest BCUT2D eigenvalue weighted by Gasteiger charge is -2.31. The van der Waals surface area contributed by atoms with Gasteiger partial charge in [-0.3, -0.25) is 0 Å². The van der Waals surface area contributed by atoms with Crippen molar-refractivity contribution >= 4 is 5.69 Å². The van der Waals surface area contributed by atoms with Crippen LogP contribution in [0.1, 0.15) is 53.3 Å². The zero-order valence-electron chi connectivity index (χ0n) is 20.5. The number of anilines is 1. The third kappa shape index (κ3) is 3.92. The van der Waals surface area contributed by atoms with Gasteiger partial charge in [-0.05, 0) is 48.1 Å². The van der Waals surface area contributed by atoms with Crippen LogP contribution in [0, 0.1) is 13.8 Å². The molecule has 0 saturated heterocycles. The molecule has 3 aromatic carbocycles. The standard InChI is InChI=1S/C30H33N3O/c1-20(2)25-10-5-6-11-28(25)32-17-16-27-26(18-32)30(24-14-12-23(19-34)13-15-24)33(31-27)29-21(3)8-7-9-22(29)4/h5-15,20,34H,16-19H2,1-4H3. The molecular formula is C30H33N3O. The molecule has 0 unspecified atom stereocenters. The third-order valence-electron chi connectivity index (χ3n) is 6.99. The maximum atomic E-state index is 9.56. The van der Waals surface area contributed by atoms with Gasteiger partial charge in [-0.2, -0.15) is 5.10 Å². The Balaban J connectivity index is 1.68. The van der Waals surface area contributed by atoms with E-state index in [-0.39, 0.29) is 6.61 Å². The molecule has 4 nitrogen and oxygen atoms in total. The molecule has 0 spiro atoms. The van der Waals surface area contributed by atoms with E-state index in [1.807, 2.05) is 12.1 Å². The molecule has 2 heterocycles. The number of aromatic nitrogens is 2. The van der Waals surface area contributed by atoms with Crippen molar-refractivity contribution in [3.8, 4) is 16.9 Å². The first-order valence-electron chi connectivity index (χ1n) is 12.2. The Morgan fingerprint density at radius 1 is 0.912 bits per heavy atom. The van der Waals surface area contributed by atoms with E-state index in [0.29, 0.717) is 5.92 Å². The van der Waals surface area contributed by atoms with E-state index in [1.165, 1.54) is 33.6 Å². The summed E-state index contributed by atoms with van der Waals surface area (Å²) in [5.74, 6) is 0.473. The number of fused-ring (bicyclic) bond motifs is 1. The lowest BCUT2D eigenvalue weighted by molar-refractivity contribution is 0.282. The van der Waals surface area contributed by atoms with Crippen LogP contribution in [0.25, 0.3) is 16.9 Å². The lowest BCUT2D eigenvalue weighted by Crippen LogP contribution is -2.31. The van der Waals surface area contributed by atoms with Gasteiger partial charge < -0.3 is 10.0 Å². The molecule has 0 radical (unpaired) electrons. The van der Waals surface area contributed by atoms with E-state index in [1.54, 1.807) is 0 Å². The minimum atomic E-state index is 0.0499. The topological polar surface area (TPSA) is 41.3 Å². The Kier molecular flexibility index (Phi) is 6.01. The molecule has 34 heavy (non-hydrogen) atoms. The lowest BCUT2D eigenvalue weighted by atomic mass is 9.96. The SMILES string of the molecule is Cc1cccc(C)c1-n1nc2c(c1-c1ccc(CO)cc1)CN(c1ccccc1C(C)C)CC2. The van der Waals surface area contributed by atoms with Crippen molar-refractivity contribution in [1.82, 2.24) is 9.78 Å². The van der Waals surface area contributed by atoms with Crippen LogP contribution >= 0.6 is 0 Å². The second-order valence-electron chi connectivity index (χ2n) is 9.67. The molecule has 4 aromatic rings. The first kappa shape index (κ1) is 22.4. The van der Waals surface area contributed by atoms with Gasteiger partial charge in [-0.25, -0.2) is 4.68 Å². The van der Waals surface area contributed by atoms with Crippen LogP contribution in [-0.2, 0) is 19.6 Å². The molecule has 0 bridgehead atoms. The Labute approximate surface area is 202 Å². The predicted molar refractivity (Wildman–Crippen MR) is 140 cm³/mol. The fourth-order valence-electron chi connectivity index (χ4n) is 5.21. The van der Waals surface area contributed by atoms with Crippen LogP contribution in [0.15, 0.2) is 66.7 Å². The van der Waals surface area contributed by atoms with Crippen molar-refractivity contribution in [2.45, 2.75) is 53.2 Å². The van der Waals surface area contributed by atoms with Gasteiger partial charge in [0.2, 0.25) is 0 Å². The molecule has 1 N–H and O–H groups in total. The predicted octanol–water partition coefficient (Wildman–Crippen LogP) is 6.33. The summed E-state index contributed by atoms with van der Waals surface area (Å²) in [6, 6.07) is 23.5. The second kappa shape index (κ2) is 9.11. The Morgan fingerprint density at radius 2 is 1.62 bits per heavy atom. The van der Waals surface area contributed by atoms with Crippen molar-refractivity contribution < 1.29 is 5.11 Å². The quantitative estimate of drug-likeness (QED) is 0.385. The van der Waals surface area contributed by atoms with E-state index < -0.39 is 0 Å².